The van der Waals surface area contributed by atoms with E-state index >= 15 is 0 Å². The zero-order valence-electron chi connectivity index (χ0n) is 15.7. The Bertz CT molecular complexity index is 1010. The summed E-state index contributed by atoms with van der Waals surface area (Å²) >= 11 is 5.57. The highest BCUT2D eigenvalue weighted by molar-refractivity contribution is 7.89. The molecule has 3 rings (SSSR count). The summed E-state index contributed by atoms with van der Waals surface area (Å²) < 4.78 is 65.4. The lowest BCUT2D eigenvalue weighted by atomic mass is 10.2. The van der Waals surface area contributed by atoms with Gasteiger partial charge in [0, 0.05) is 31.9 Å². The largest absolute Gasteiger partial charge is 0.417 e. The molecule has 1 fully saturated rings. The van der Waals surface area contributed by atoms with Crippen LogP contribution in [0.25, 0.3) is 0 Å². The summed E-state index contributed by atoms with van der Waals surface area (Å²) in [6, 6.07) is 11.2. The maximum atomic E-state index is 12.9. The predicted octanol–water partition coefficient (Wildman–Crippen LogP) is 3.30. The van der Waals surface area contributed by atoms with E-state index in [1.807, 2.05) is 0 Å². The molecule has 1 amide bonds. The van der Waals surface area contributed by atoms with Crippen molar-refractivity contribution >= 4 is 33.2 Å². The zero-order valence-corrected chi connectivity index (χ0v) is 17.3. The van der Waals surface area contributed by atoms with Crippen molar-refractivity contribution < 1.29 is 26.4 Å². The number of alkyl halides is 3. The average Bonchev–Trinajstić information content (AvgIpc) is 2.69. The number of piperazine rings is 1. The molecule has 2 aromatic carbocycles. The first-order valence-electron chi connectivity index (χ1n) is 9.01. The monoisotopic (exact) mass is 461 g/mol. The van der Waals surface area contributed by atoms with Crippen molar-refractivity contribution in [3.63, 3.8) is 0 Å². The van der Waals surface area contributed by atoms with Gasteiger partial charge in [-0.2, -0.15) is 17.5 Å². The van der Waals surface area contributed by atoms with Crippen molar-refractivity contribution in [3.05, 3.63) is 59.1 Å². The van der Waals surface area contributed by atoms with Crippen molar-refractivity contribution in [1.82, 2.24) is 9.21 Å². The summed E-state index contributed by atoms with van der Waals surface area (Å²) in [4.78, 5) is 14.2. The van der Waals surface area contributed by atoms with E-state index in [0.717, 1.165) is 12.1 Å². The molecule has 1 saturated heterocycles. The third kappa shape index (κ3) is 5.31. The molecule has 162 valence electrons. The minimum absolute atomic E-state index is 0.0120. The number of carbonyl (C=O) groups is 1. The van der Waals surface area contributed by atoms with Gasteiger partial charge in [0.15, 0.2) is 0 Å². The normalized spacial score (nSPS) is 16.4. The number of sulfonamides is 1. The summed E-state index contributed by atoms with van der Waals surface area (Å²) in [5.41, 5.74) is -1.04. The van der Waals surface area contributed by atoms with Crippen molar-refractivity contribution in [2.75, 3.05) is 38.0 Å². The fraction of sp³-hybridized carbons (Fsp3) is 0.316. The van der Waals surface area contributed by atoms with Crippen LogP contribution in [-0.2, 0) is 21.0 Å². The smallest absolute Gasteiger partial charge is 0.325 e. The van der Waals surface area contributed by atoms with Gasteiger partial charge in [-0.3, -0.25) is 9.69 Å². The summed E-state index contributed by atoms with van der Waals surface area (Å²) in [6.07, 6.45) is -4.63. The highest BCUT2D eigenvalue weighted by Gasteiger charge is 2.33. The Hall–Kier alpha value is -2.14. The van der Waals surface area contributed by atoms with E-state index in [1.165, 1.54) is 22.5 Å². The number of carbonyl (C=O) groups excluding carboxylic acids is 1. The molecular formula is C19H19ClF3N3O3S. The average molecular weight is 462 g/mol. The maximum Gasteiger partial charge on any atom is 0.417 e. The zero-order chi connectivity index (χ0) is 21.9. The molecular weight excluding hydrogens is 443 g/mol. The molecule has 11 heteroatoms. The molecule has 1 heterocycles. The Morgan fingerprint density at radius 3 is 2.27 bits per heavy atom. The second kappa shape index (κ2) is 8.93. The molecule has 0 spiro atoms. The molecule has 1 aliphatic heterocycles. The van der Waals surface area contributed by atoms with Gasteiger partial charge < -0.3 is 5.32 Å². The Balaban J connectivity index is 1.56. The molecule has 0 radical (unpaired) electrons. The highest BCUT2D eigenvalue weighted by Crippen LogP contribution is 2.36. The van der Waals surface area contributed by atoms with Gasteiger partial charge in [-0.25, -0.2) is 8.42 Å². The molecule has 1 N–H and O–H groups in total. The van der Waals surface area contributed by atoms with Gasteiger partial charge in [0.1, 0.15) is 0 Å². The summed E-state index contributed by atoms with van der Waals surface area (Å²) in [5.74, 6) is -0.496. The van der Waals surface area contributed by atoms with Gasteiger partial charge in [-0.1, -0.05) is 29.8 Å². The number of hydrogen-bond donors (Lipinski definition) is 1. The van der Waals surface area contributed by atoms with E-state index in [-0.39, 0.29) is 30.2 Å². The van der Waals surface area contributed by atoms with Crippen LogP contribution >= 0.6 is 11.6 Å². The first kappa shape index (κ1) is 22.5. The predicted molar refractivity (Wildman–Crippen MR) is 107 cm³/mol. The third-order valence-corrected chi connectivity index (χ3v) is 6.88. The summed E-state index contributed by atoms with van der Waals surface area (Å²) in [5, 5.41) is 1.98. The highest BCUT2D eigenvalue weighted by atomic mass is 35.5. The van der Waals surface area contributed by atoms with Crippen LogP contribution in [0.2, 0.25) is 5.02 Å². The number of nitrogens with one attached hydrogen (secondary N) is 1. The number of benzene rings is 2. The van der Waals surface area contributed by atoms with Crippen molar-refractivity contribution in [2.45, 2.75) is 11.1 Å². The van der Waals surface area contributed by atoms with Crippen LogP contribution in [0.1, 0.15) is 5.56 Å². The second-order valence-corrected chi connectivity index (χ2v) is 9.08. The number of halogens is 4. The van der Waals surface area contributed by atoms with E-state index in [1.54, 1.807) is 23.1 Å². The second-order valence-electron chi connectivity index (χ2n) is 6.73. The van der Waals surface area contributed by atoms with Crippen molar-refractivity contribution in [1.29, 1.82) is 0 Å². The van der Waals surface area contributed by atoms with Gasteiger partial charge in [0.2, 0.25) is 15.9 Å². The SMILES string of the molecule is O=C(CN1CCN(S(=O)(=O)c2ccccc2)CC1)Nc1ccc(Cl)c(C(F)(F)F)c1. The van der Waals surface area contributed by atoms with Crippen LogP contribution in [0.4, 0.5) is 18.9 Å². The van der Waals surface area contributed by atoms with Crippen molar-refractivity contribution in [2.24, 2.45) is 0 Å². The number of amides is 1. The number of nitrogens with zero attached hydrogens (tertiary/aromatic N) is 2. The molecule has 2 aromatic rings. The molecule has 0 bridgehead atoms. The van der Waals surface area contributed by atoms with Gasteiger partial charge >= 0.3 is 6.18 Å². The van der Waals surface area contributed by atoms with Gasteiger partial charge in [0.25, 0.3) is 0 Å². The summed E-state index contributed by atoms with van der Waals surface area (Å²) in [7, 11) is -3.60. The van der Waals surface area contributed by atoms with Gasteiger partial charge in [0.05, 0.1) is 22.0 Å². The van der Waals surface area contributed by atoms with Crippen molar-refractivity contribution in [3.8, 4) is 0 Å². The van der Waals surface area contributed by atoms with E-state index in [0.29, 0.717) is 13.1 Å². The van der Waals surface area contributed by atoms with Crippen LogP contribution in [0.5, 0.6) is 0 Å². The molecule has 1 aliphatic rings. The Morgan fingerprint density at radius 1 is 1.03 bits per heavy atom. The molecule has 0 aromatic heterocycles. The van der Waals surface area contributed by atoms with Crippen LogP contribution in [0, 0.1) is 0 Å². The molecule has 0 atom stereocenters. The van der Waals surface area contributed by atoms with Gasteiger partial charge in [-0.05, 0) is 30.3 Å². The third-order valence-electron chi connectivity index (χ3n) is 4.63. The molecule has 0 aliphatic carbocycles. The minimum atomic E-state index is -4.63. The number of hydrogen-bond acceptors (Lipinski definition) is 4. The first-order valence-corrected chi connectivity index (χ1v) is 10.8. The fourth-order valence-corrected chi connectivity index (χ4v) is 4.76. The topological polar surface area (TPSA) is 69.7 Å². The van der Waals surface area contributed by atoms with Crippen LogP contribution in [-0.4, -0.2) is 56.3 Å². The standard InChI is InChI=1S/C19H19ClF3N3O3S/c20-17-7-6-14(12-16(17)19(21,22)23)24-18(27)13-25-8-10-26(11-9-25)30(28,29)15-4-2-1-3-5-15/h1-7,12H,8-11,13H2,(H,24,27). The first-order chi connectivity index (χ1) is 14.1. The van der Waals surface area contributed by atoms with Crippen LogP contribution in [0.3, 0.4) is 0 Å². The molecule has 30 heavy (non-hydrogen) atoms. The van der Waals surface area contributed by atoms with Crippen LogP contribution < -0.4 is 5.32 Å². The molecule has 0 saturated carbocycles. The molecule has 0 unspecified atom stereocenters. The quantitative estimate of drug-likeness (QED) is 0.741. The fourth-order valence-electron chi connectivity index (χ4n) is 3.09. The molecule has 6 nitrogen and oxygen atoms in total. The lowest BCUT2D eigenvalue weighted by molar-refractivity contribution is -0.137. The van der Waals surface area contributed by atoms with E-state index in [2.05, 4.69) is 5.32 Å². The van der Waals surface area contributed by atoms with E-state index in [4.69, 9.17) is 11.6 Å². The Morgan fingerprint density at radius 2 is 1.67 bits per heavy atom. The van der Waals surface area contributed by atoms with E-state index in [9.17, 15) is 26.4 Å². The number of anilines is 1. The lowest BCUT2D eigenvalue weighted by Crippen LogP contribution is -2.50. The van der Waals surface area contributed by atoms with Gasteiger partial charge in [-0.15, -0.1) is 0 Å². The van der Waals surface area contributed by atoms with Crippen LogP contribution in [0.15, 0.2) is 53.4 Å². The Labute approximate surface area is 177 Å². The maximum absolute atomic E-state index is 12.9. The minimum Gasteiger partial charge on any atom is -0.325 e. The Kier molecular flexibility index (Phi) is 6.71. The summed E-state index contributed by atoms with van der Waals surface area (Å²) in [6.45, 7) is 1.01. The lowest BCUT2D eigenvalue weighted by Gasteiger charge is -2.33. The van der Waals surface area contributed by atoms with E-state index < -0.39 is 32.7 Å². The number of rotatable bonds is 5.